The third-order valence-electron chi connectivity index (χ3n) is 19.8. The molecule has 1 nitrogen and oxygen atoms in total. The molecule has 17 atom stereocenters. The summed E-state index contributed by atoms with van der Waals surface area (Å²) in [6, 6.07) is 0. The van der Waals surface area contributed by atoms with E-state index in [-0.39, 0.29) is 0 Å². The monoisotopic (exact) mass is 671 g/mol. The zero-order chi connectivity index (χ0) is 32.3. The molecule has 1 aliphatic heterocycles. The van der Waals surface area contributed by atoms with Crippen LogP contribution in [0.5, 0.6) is 0 Å². The number of fused-ring (bicyclic) bond motifs is 6. The molecule has 0 radical (unpaired) electrons. The van der Waals surface area contributed by atoms with Crippen LogP contribution in [-0.4, -0.2) is 12.2 Å². The first-order valence-corrected chi connectivity index (χ1v) is 23.9. The SMILES string of the molecule is C1CCC(C2CC(C3CCC4CCCCC4C3)CC(C3CCC(C4CCC5CCCCC5C4)C4C5CC6CCCCC6CC5OC34)C2)CC1. The molecule has 10 fully saturated rings. The first kappa shape index (κ1) is 33.5. The molecule has 17 unspecified atom stereocenters. The summed E-state index contributed by atoms with van der Waals surface area (Å²) in [5.41, 5.74) is 0. The van der Waals surface area contributed by atoms with E-state index in [1.165, 1.54) is 64.2 Å². The lowest BCUT2D eigenvalue weighted by Crippen LogP contribution is -2.48. The van der Waals surface area contributed by atoms with Crippen molar-refractivity contribution in [3.63, 3.8) is 0 Å². The van der Waals surface area contributed by atoms with Gasteiger partial charge in [-0.2, -0.15) is 0 Å². The van der Waals surface area contributed by atoms with Crippen molar-refractivity contribution in [1.29, 1.82) is 0 Å². The van der Waals surface area contributed by atoms with Gasteiger partial charge in [0.1, 0.15) is 0 Å². The zero-order valence-electron chi connectivity index (χ0n) is 32.0. The molecule has 0 aromatic rings. The standard InChI is InChI=1S/C48H78O/c1-2-10-31(11-3-1)40-26-41(38-20-18-32-12-4-6-14-34(32)24-38)28-42(27-40)44-23-22-43(39-21-19-33-13-5-7-15-35(33)25-39)47-45-29-36-16-8-9-17-37(36)30-46(45)49-48(44)47/h31-48H,1-30H2. The summed E-state index contributed by atoms with van der Waals surface area (Å²) in [7, 11) is 0. The Hall–Kier alpha value is -0.0400. The molecule has 10 aliphatic rings. The van der Waals surface area contributed by atoms with Crippen molar-refractivity contribution >= 4 is 0 Å². The van der Waals surface area contributed by atoms with Crippen LogP contribution in [0.1, 0.15) is 193 Å². The Morgan fingerprint density at radius 1 is 0.245 bits per heavy atom. The van der Waals surface area contributed by atoms with Crippen molar-refractivity contribution in [2.45, 2.75) is 205 Å². The largest absolute Gasteiger partial charge is 0.374 e. The number of ether oxygens (including phenoxy) is 1. The van der Waals surface area contributed by atoms with Gasteiger partial charge in [0, 0.05) is 0 Å². The fraction of sp³-hybridized carbons (Fsp3) is 1.00. The van der Waals surface area contributed by atoms with Crippen molar-refractivity contribution in [3.8, 4) is 0 Å². The lowest BCUT2D eigenvalue weighted by Gasteiger charge is -2.53. The van der Waals surface area contributed by atoms with E-state index in [2.05, 4.69) is 0 Å². The summed E-state index contributed by atoms with van der Waals surface area (Å²) in [5, 5.41) is 0. The van der Waals surface area contributed by atoms with Crippen molar-refractivity contribution in [2.24, 2.45) is 94.7 Å². The Labute approximate surface area is 303 Å². The summed E-state index contributed by atoms with van der Waals surface area (Å²) in [6.07, 6.45) is 48.3. The maximum absolute atomic E-state index is 7.74. The van der Waals surface area contributed by atoms with Gasteiger partial charge in [0.2, 0.25) is 0 Å². The molecule has 9 aliphatic carbocycles. The molecule has 0 bridgehead atoms. The third-order valence-corrected chi connectivity index (χ3v) is 19.8. The summed E-state index contributed by atoms with van der Waals surface area (Å²) in [4.78, 5) is 0. The molecule has 1 heteroatoms. The van der Waals surface area contributed by atoms with Gasteiger partial charge in [-0.05, 0) is 178 Å². The van der Waals surface area contributed by atoms with Crippen LogP contribution in [0.4, 0.5) is 0 Å². The van der Waals surface area contributed by atoms with Crippen LogP contribution in [0.25, 0.3) is 0 Å². The van der Waals surface area contributed by atoms with E-state index in [1.807, 2.05) is 0 Å². The smallest absolute Gasteiger partial charge is 0.0644 e. The molecule has 49 heavy (non-hydrogen) atoms. The first-order valence-electron chi connectivity index (χ1n) is 23.9. The molecule has 0 N–H and O–H groups in total. The van der Waals surface area contributed by atoms with Gasteiger partial charge in [-0.3, -0.25) is 0 Å². The Morgan fingerprint density at radius 3 is 1.33 bits per heavy atom. The van der Waals surface area contributed by atoms with Crippen molar-refractivity contribution in [1.82, 2.24) is 0 Å². The highest BCUT2D eigenvalue weighted by molar-refractivity contribution is 5.07. The fourth-order valence-electron chi connectivity index (χ4n) is 17.5. The van der Waals surface area contributed by atoms with Crippen LogP contribution in [0.3, 0.4) is 0 Å². The second kappa shape index (κ2) is 14.7. The molecule has 0 amide bonds. The normalized spacial score (nSPS) is 53.8. The molecular weight excluding hydrogens is 593 g/mol. The number of rotatable bonds is 4. The van der Waals surface area contributed by atoms with Crippen LogP contribution in [-0.2, 0) is 4.74 Å². The Bertz CT molecular complexity index is 1090. The predicted molar refractivity (Wildman–Crippen MR) is 203 cm³/mol. The minimum atomic E-state index is 0.638. The van der Waals surface area contributed by atoms with Crippen molar-refractivity contribution in [3.05, 3.63) is 0 Å². The minimum Gasteiger partial charge on any atom is -0.374 e. The van der Waals surface area contributed by atoms with Gasteiger partial charge < -0.3 is 4.74 Å². The van der Waals surface area contributed by atoms with Gasteiger partial charge in [-0.15, -0.1) is 0 Å². The molecular formula is C48H78O. The van der Waals surface area contributed by atoms with Gasteiger partial charge in [-0.25, -0.2) is 0 Å². The predicted octanol–water partition coefficient (Wildman–Crippen LogP) is 13.4. The summed E-state index contributed by atoms with van der Waals surface area (Å²) >= 11 is 0. The van der Waals surface area contributed by atoms with Gasteiger partial charge >= 0.3 is 0 Å². The van der Waals surface area contributed by atoms with Crippen LogP contribution in [0, 0.1) is 94.7 Å². The molecule has 9 saturated carbocycles. The average Bonchev–Trinajstić information content (AvgIpc) is 3.54. The molecule has 1 saturated heterocycles. The van der Waals surface area contributed by atoms with Crippen LogP contribution in [0.15, 0.2) is 0 Å². The van der Waals surface area contributed by atoms with Crippen LogP contribution < -0.4 is 0 Å². The van der Waals surface area contributed by atoms with Crippen molar-refractivity contribution in [2.75, 3.05) is 0 Å². The van der Waals surface area contributed by atoms with Crippen molar-refractivity contribution < 1.29 is 4.74 Å². The third kappa shape index (κ3) is 6.59. The number of hydrogen-bond acceptors (Lipinski definition) is 1. The number of hydrogen-bond donors (Lipinski definition) is 0. The van der Waals surface area contributed by atoms with E-state index in [4.69, 9.17) is 4.74 Å². The molecule has 1 heterocycles. The lowest BCUT2D eigenvalue weighted by molar-refractivity contribution is -0.0873. The topological polar surface area (TPSA) is 9.23 Å². The first-order chi connectivity index (χ1) is 24.2. The van der Waals surface area contributed by atoms with E-state index in [0.717, 1.165) is 94.7 Å². The van der Waals surface area contributed by atoms with Gasteiger partial charge in [0.15, 0.2) is 0 Å². The highest BCUT2D eigenvalue weighted by atomic mass is 16.5. The maximum Gasteiger partial charge on any atom is 0.0644 e. The maximum atomic E-state index is 7.74. The molecule has 10 rings (SSSR count). The Morgan fingerprint density at radius 2 is 0.653 bits per heavy atom. The molecule has 0 spiro atoms. The van der Waals surface area contributed by atoms with E-state index in [9.17, 15) is 0 Å². The van der Waals surface area contributed by atoms with E-state index >= 15 is 0 Å². The van der Waals surface area contributed by atoms with E-state index < -0.39 is 0 Å². The van der Waals surface area contributed by atoms with E-state index in [1.54, 1.807) is 128 Å². The lowest BCUT2D eigenvalue weighted by atomic mass is 9.52. The summed E-state index contributed by atoms with van der Waals surface area (Å²) < 4.78 is 7.74. The van der Waals surface area contributed by atoms with E-state index in [0.29, 0.717) is 12.2 Å². The second-order valence-electron chi connectivity index (χ2n) is 21.7. The molecule has 276 valence electrons. The quantitative estimate of drug-likeness (QED) is 0.289. The van der Waals surface area contributed by atoms with Crippen LogP contribution >= 0.6 is 0 Å². The second-order valence-corrected chi connectivity index (χ2v) is 21.7. The van der Waals surface area contributed by atoms with Gasteiger partial charge in [-0.1, -0.05) is 109 Å². The van der Waals surface area contributed by atoms with Gasteiger partial charge in [0.25, 0.3) is 0 Å². The molecule has 0 aromatic carbocycles. The van der Waals surface area contributed by atoms with Gasteiger partial charge in [0.05, 0.1) is 12.2 Å². The highest BCUT2D eigenvalue weighted by Crippen LogP contribution is 2.62. The molecule has 0 aromatic heterocycles. The zero-order valence-corrected chi connectivity index (χ0v) is 32.0. The summed E-state index contributed by atoms with van der Waals surface area (Å²) in [5.74, 6) is 16.5. The average molecular weight is 671 g/mol. The van der Waals surface area contributed by atoms with Crippen LogP contribution in [0.2, 0.25) is 0 Å². The minimum absolute atomic E-state index is 0.638. The summed E-state index contributed by atoms with van der Waals surface area (Å²) in [6.45, 7) is 0. The highest BCUT2D eigenvalue weighted by Gasteiger charge is 2.59. The fourth-order valence-corrected chi connectivity index (χ4v) is 17.5. The Balaban J connectivity index is 0.921. The Kier molecular flexibility index (Phi) is 10.0.